The average Bonchev–Trinajstić information content (AvgIpc) is 2.98. The minimum atomic E-state index is -0.523. The van der Waals surface area contributed by atoms with Crippen molar-refractivity contribution in [1.29, 1.82) is 0 Å². The van der Waals surface area contributed by atoms with Crippen LogP contribution in [-0.4, -0.2) is 15.9 Å². The number of hydrogen-bond acceptors (Lipinski definition) is 2. The molecular formula is C17H14FN3O. The number of nitrogens with one attached hydrogen (secondary N) is 2. The standard InChI is InChI=1S/C17H14FN3O/c1-17(2)11-5-3-9(7-13(11)21-16(17)22)15-19-12-6-4-10(18)8-14(12)20-15/h3-8H,1-2H3,(H,19,20)(H,21,22). The number of halogens is 1. The Hall–Kier alpha value is -2.69. The molecular weight excluding hydrogens is 281 g/mol. The van der Waals surface area contributed by atoms with E-state index in [1.807, 2.05) is 32.0 Å². The van der Waals surface area contributed by atoms with Gasteiger partial charge in [0.1, 0.15) is 11.6 Å². The zero-order chi connectivity index (χ0) is 15.5. The van der Waals surface area contributed by atoms with Gasteiger partial charge >= 0.3 is 0 Å². The van der Waals surface area contributed by atoms with Crippen LogP contribution in [0.4, 0.5) is 10.1 Å². The van der Waals surface area contributed by atoms with Crippen LogP contribution in [0.2, 0.25) is 0 Å². The minimum absolute atomic E-state index is 0.00803. The molecule has 0 saturated heterocycles. The van der Waals surface area contributed by atoms with E-state index in [4.69, 9.17) is 0 Å². The molecule has 0 unspecified atom stereocenters. The smallest absolute Gasteiger partial charge is 0.234 e. The highest BCUT2D eigenvalue weighted by atomic mass is 19.1. The highest BCUT2D eigenvalue weighted by Crippen LogP contribution is 2.39. The van der Waals surface area contributed by atoms with Crippen LogP contribution in [0.3, 0.4) is 0 Å². The van der Waals surface area contributed by atoms with E-state index in [1.165, 1.54) is 12.1 Å². The summed E-state index contributed by atoms with van der Waals surface area (Å²) in [6.45, 7) is 3.80. The van der Waals surface area contributed by atoms with Crippen LogP contribution in [-0.2, 0) is 10.2 Å². The Kier molecular flexibility index (Phi) is 2.46. The minimum Gasteiger partial charge on any atom is -0.338 e. The maximum Gasteiger partial charge on any atom is 0.234 e. The first-order valence-electron chi connectivity index (χ1n) is 7.07. The fourth-order valence-electron chi connectivity index (χ4n) is 2.86. The van der Waals surface area contributed by atoms with Crippen molar-refractivity contribution in [1.82, 2.24) is 9.97 Å². The second-order valence-corrected chi connectivity index (χ2v) is 6.09. The van der Waals surface area contributed by atoms with Crippen LogP contribution in [0.25, 0.3) is 22.4 Å². The third-order valence-corrected chi connectivity index (χ3v) is 4.23. The molecule has 1 aliphatic rings. The number of rotatable bonds is 1. The van der Waals surface area contributed by atoms with Crippen molar-refractivity contribution in [3.8, 4) is 11.4 Å². The van der Waals surface area contributed by atoms with E-state index in [1.54, 1.807) is 6.07 Å². The maximum atomic E-state index is 13.3. The third kappa shape index (κ3) is 1.75. The van der Waals surface area contributed by atoms with E-state index < -0.39 is 5.41 Å². The summed E-state index contributed by atoms with van der Waals surface area (Å²) in [6, 6.07) is 10.2. The predicted octanol–water partition coefficient (Wildman–Crippen LogP) is 3.60. The van der Waals surface area contributed by atoms with Crippen molar-refractivity contribution >= 4 is 22.6 Å². The molecule has 22 heavy (non-hydrogen) atoms. The molecule has 1 amide bonds. The van der Waals surface area contributed by atoms with E-state index in [9.17, 15) is 9.18 Å². The van der Waals surface area contributed by atoms with Gasteiger partial charge in [0.25, 0.3) is 0 Å². The molecule has 2 aromatic carbocycles. The first-order valence-corrected chi connectivity index (χ1v) is 7.07. The Morgan fingerprint density at radius 2 is 1.95 bits per heavy atom. The number of nitrogens with zero attached hydrogens (tertiary/aromatic N) is 1. The molecule has 0 bridgehead atoms. The van der Waals surface area contributed by atoms with Crippen LogP contribution >= 0.6 is 0 Å². The molecule has 0 radical (unpaired) electrons. The first-order chi connectivity index (χ1) is 10.4. The zero-order valence-electron chi connectivity index (χ0n) is 12.2. The number of aromatic amines is 1. The largest absolute Gasteiger partial charge is 0.338 e. The van der Waals surface area contributed by atoms with Gasteiger partial charge in [0.2, 0.25) is 5.91 Å². The number of hydrogen-bond donors (Lipinski definition) is 2. The molecule has 2 heterocycles. The normalized spacial score (nSPS) is 15.9. The molecule has 3 aromatic rings. The molecule has 5 heteroatoms. The number of anilines is 1. The molecule has 4 nitrogen and oxygen atoms in total. The molecule has 1 aliphatic heterocycles. The van der Waals surface area contributed by atoms with Gasteiger partial charge in [-0.05, 0) is 43.7 Å². The second-order valence-electron chi connectivity index (χ2n) is 6.09. The van der Waals surface area contributed by atoms with Gasteiger partial charge in [-0.1, -0.05) is 12.1 Å². The van der Waals surface area contributed by atoms with Crippen molar-refractivity contribution in [2.45, 2.75) is 19.3 Å². The van der Waals surface area contributed by atoms with E-state index in [0.29, 0.717) is 16.9 Å². The molecule has 0 aliphatic carbocycles. The molecule has 110 valence electrons. The van der Waals surface area contributed by atoms with Crippen LogP contribution in [0, 0.1) is 5.82 Å². The first kappa shape index (κ1) is 13.0. The third-order valence-electron chi connectivity index (χ3n) is 4.23. The van der Waals surface area contributed by atoms with Gasteiger partial charge in [0.15, 0.2) is 0 Å². The Balaban J connectivity index is 1.83. The second kappa shape index (κ2) is 4.16. The summed E-state index contributed by atoms with van der Waals surface area (Å²) in [5.41, 5.74) is 3.47. The monoisotopic (exact) mass is 295 g/mol. The van der Waals surface area contributed by atoms with Gasteiger partial charge < -0.3 is 10.3 Å². The van der Waals surface area contributed by atoms with E-state index in [0.717, 1.165) is 16.8 Å². The van der Waals surface area contributed by atoms with E-state index in [2.05, 4.69) is 15.3 Å². The van der Waals surface area contributed by atoms with Crippen molar-refractivity contribution in [3.05, 3.63) is 47.8 Å². The summed E-state index contributed by atoms with van der Waals surface area (Å²) in [4.78, 5) is 19.6. The lowest BCUT2D eigenvalue weighted by molar-refractivity contribution is -0.119. The number of benzene rings is 2. The van der Waals surface area contributed by atoms with Gasteiger partial charge in [-0.3, -0.25) is 4.79 Å². The van der Waals surface area contributed by atoms with E-state index >= 15 is 0 Å². The summed E-state index contributed by atoms with van der Waals surface area (Å²) in [5, 5.41) is 2.90. The zero-order valence-corrected chi connectivity index (χ0v) is 12.2. The van der Waals surface area contributed by atoms with Crippen molar-refractivity contribution in [2.75, 3.05) is 5.32 Å². The van der Waals surface area contributed by atoms with Gasteiger partial charge in [-0.15, -0.1) is 0 Å². The van der Waals surface area contributed by atoms with Crippen molar-refractivity contribution < 1.29 is 9.18 Å². The maximum absolute atomic E-state index is 13.3. The van der Waals surface area contributed by atoms with Gasteiger partial charge in [-0.25, -0.2) is 9.37 Å². The quantitative estimate of drug-likeness (QED) is 0.720. The number of amides is 1. The number of aromatic nitrogens is 2. The lowest BCUT2D eigenvalue weighted by atomic mass is 9.86. The Bertz CT molecular complexity index is 927. The van der Waals surface area contributed by atoms with Gasteiger partial charge in [0, 0.05) is 11.3 Å². The van der Waals surface area contributed by atoms with Crippen LogP contribution in [0.5, 0.6) is 0 Å². The molecule has 0 spiro atoms. The lowest BCUT2D eigenvalue weighted by Gasteiger charge is -2.14. The highest BCUT2D eigenvalue weighted by Gasteiger charge is 2.38. The van der Waals surface area contributed by atoms with Crippen molar-refractivity contribution in [2.24, 2.45) is 0 Å². The van der Waals surface area contributed by atoms with Crippen LogP contribution < -0.4 is 5.32 Å². The lowest BCUT2D eigenvalue weighted by Crippen LogP contribution is -2.26. The Morgan fingerprint density at radius 3 is 2.77 bits per heavy atom. The van der Waals surface area contributed by atoms with Crippen molar-refractivity contribution in [3.63, 3.8) is 0 Å². The summed E-state index contributed by atoms with van der Waals surface area (Å²) in [6.07, 6.45) is 0. The molecule has 0 saturated carbocycles. The number of fused-ring (bicyclic) bond motifs is 2. The number of carbonyl (C=O) groups excluding carboxylic acids is 1. The molecule has 0 fully saturated rings. The average molecular weight is 295 g/mol. The Labute approximate surface area is 126 Å². The summed E-state index contributed by atoms with van der Waals surface area (Å²) < 4.78 is 13.3. The SMILES string of the molecule is CC1(C)C(=O)Nc2cc(-c3nc4ccc(F)cc4[nH]3)ccc21. The van der Waals surface area contributed by atoms with Gasteiger partial charge in [0.05, 0.1) is 16.4 Å². The molecule has 1 aromatic heterocycles. The summed E-state index contributed by atoms with van der Waals surface area (Å²) >= 11 is 0. The molecule has 0 atom stereocenters. The number of imidazole rings is 1. The van der Waals surface area contributed by atoms with Crippen LogP contribution in [0.1, 0.15) is 19.4 Å². The number of H-pyrrole nitrogens is 1. The molecule has 2 N–H and O–H groups in total. The van der Waals surface area contributed by atoms with Gasteiger partial charge in [-0.2, -0.15) is 0 Å². The fraction of sp³-hybridized carbons (Fsp3) is 0.176. The fourth-order valence-corrected chi connectivity index (χ4v) is 2.86. The van der Waals surface area contributed by atoms with Crippen LogP contribution in [0.15, 0.2) is 36.4 Å². The highest BCUT2D eigenvalue weighted by molar-refractivity contribution is 6.06. The molecule has 4 rings (SSSR count). The number of carbonyl (C=O) groups is 1. The summed E-state index contributed by atoms with van der Waals surface area (Å²) in [7, 11) is 0. The topological polar surface area (TPSA) is 57.8 Å². The Morgan fingerprint density at radius 1 is 1.14 bits per heavy atom. The van der Waals surface area contributed by atoms with E-state index in [-0.39, 0.29) is 11.7 Å². The summed E-state index contributed by atoms with van der Waals surface area (Å²) in [5.74, 6) is 0.347. The predicted molar refractivity (Wildman–Crippen MR) is 83.1 cm³/mol.